The van der Waals surface area contributed by atoms with E-state index in [2.05, 4.69) is 15.0 Å². The van der Waals surface area contributed by atoms with Crippen molar-refractivity contribution in [2.75, 3.05) is 39.8 Å². The number of piperazine rings is 1. The van der Waals surface area contributed by atoms with Crippen LogP contribution in [-0.4, -0.2) is 72.2 Å². The molecule has 1 aromatic heterocycles. The maximum atomic E-state index is 13.1. The van der Waals surface area contributed by atoms with E-state index in [0.717, 1.165) is 24.2 Å². The fourth-order valence-corrected chi connectivity index (χ4v) is 4.69. The van der Waals surface area contributed by atoms with Gasteiger partial charge in [0.1, 0.15) is 23.3 Å². The summed E-state index contributed by atoms with van der Waals surface area (Å²) in [7, 11) is -2.07. The molecule has 3 rings (SSSR count). The highest BCUT2D eigenvalue weighted by Gasteiger charge is 2.31. The first-order valence-corrected chi connectivity index (χ1v) is 10.1. The van der Waals surface area contributed by atoms with E-state index < -0.39 is 10.0 Å². The van der Waals surface area contributed by atoms with Gasteiger partial charge in [0.25, 0.3) is 0 Å². The summed E-state index contributed by atoms with van der Waals surface area (Å²) in [6.45, 7) is 7.76. The SMILES string of the molecule is COc1cc(C)c(C)cc1S(=O)(=O)N1CCN(CCn2cncn2)CC1. The molecular weight excluding hydrogens is 354 g/mol. The second-order valence-electron chi connectivity index (χ2n) is 6.49. The van der Waals surface area contributed by atoms with Crippen molar-refractivity contribution in [3.05, 3.63) is 35.9 Å². The lowest BCUT2D eigenvalue weighted by atomic mass is 10.1. The smallest absolute Gasteiger partial charge is 0.246 e. The lowest BCUT2D eigenvalue weighted by Crippen LogP contribution is -2.49. The molecule has 0 N–H and O–H groups in total. The number of nitrogens with zero attached hydrogens (tertiary/aromatic N) is 5. The van der Waals surface area contributed by atoms with Gasteiger partial charge >= 0.3 is 0 Å². The zero-order chi connectivity index (χ0) is 18.7. The van der Waals surface area contributed by atoms with Crippen LogP contribution in [0.2, 0.25) is 0 Å². The van der Waals surface area contributed by atoms with E-state index in [9.17, 15) is 8.42 Å². The van der Waals surface area contributed by atoms with Gasteiger partial charge in [-0.05, 0) is 37.1 Å². The maximum Gasteiger partial charge on any atom is 0.246 e. The molecule has 0 amide bonds. The second kappa shape index (κ2) is 7.73. The molecule has 0 spiro atoms. The van der Waals surface area contributed by atoms with Crippen LogP contribution in [0.4, 0.5) is 0 Å². The fourth-order valence-electron chi connectivity index (χ4n) is 3.05. The molecule has 1 fully saturated rings. The van der Waals surface area contributed by atoms with Crippen molar-refractivity contribution in [1.82, 2.24) is 24.0 Å². The van der Waals surface area contributed by atoms with Crippen LogP contribution in [-0.2, 0) is 16.6 Å². The van der Waals surface area contributed by atoms with Crippen LogP contribution in [0.3, 0.4) is 0 Å². The zero-order valence-electron chi connectivity index (χ0n) is 15.4. The van der Waals surface area contributed by atoms with Gasteiger partial charge in [0, 0.05) is 32.7 Å². The van der Waals surface area contributed by atoms with Crippen molar-refractivity contribution in [1.29, 1.82) is 0 Å². The molecule has 0 atom stereocenters. The quantitative estimate of drug-likeness (QED) is 0.742. The molecule has 1 aliphatic rings. The summed E-state index contributed by atoms with van der Waals surface area (Å²) in [5, 5.41) is 4.09. The molecule has 1 aliphatic heterocycles. The number of rotatable bonds is 6. The van der Waals surface area contributed by atoms with E-state index in [-0.39, 0.29) is 4.90 Å². The summed E-state index contributed by atoms with van der Waals surface area (Å²) in [6, 6.07) is 3.50. The van der Waals surface area contributed by atoms with Crippen molar-refractivity contribution in [3.63, 3.8) is 0 Å². The predicted molar refractivity (Wildman–Crippen MR) is 97.7 cm³/mol. The third-order valence-corrected chi connectivity index (χ3v) is 6.76. The van der Waals surface area contributed by atoms with Crippen molar-refractivity contribution >= 4 is 10.0 Å². The normalized spacial score (nSPS) is 16.7. The minimum absolute atomic E-state index is 0.249. The molecule has 9 heteroatoms. The summed E-state index contributed by atoms with van der Waals surface area (Å²) >= 11 is 0. The lowest BCUT2D eigenvalue weighted by molar-refractivity contribution is 0.180. The molecule has 8 nitrogen and oxygen atoms in total. The van der Waals surface area contributed by atoms with Gasteiger partial charge in [0.05, 0.1) is 13.7 Å². The van der Waals surface area contributed by atoms with Gasteiger partial charge in [0.15, 0.2) is 0 Å². The third kappa shape index (κ3) is 3.89. The zero-order valence-corrected chi connectivity index (χ0v) is 16.2. The predicted octanol–water partition coefficient (Wildman–Crippen LogP) is 0.910. The Kier molecular flexibility index (Phi) is 5.59. The summed E-state index contributed by atoms with van der Waals surface area (Å²) in [5.74, 6) is 0.404. The Balaban J connectivity index is 1.67. The largest absolute Gasteiger partial charge is 0.495 e. The van der Waals surface area contributed by atoms with Crippen LogP contribution in [0.25, 0.3) is 0 Å². The topological polar surface area (TPSA) is 80.6 Å². The Bertz CT molecular complexity index is 844. The van der Waals surface area contributed by atoms with E-state index in [1.54, 1.807) is 27.4 Å². The Morgan fingerprint density at radius 3 is 2.38 bits per heavy atom. The monoisotopic (exact) mass is 379 g/mol. The van der Waals surface area contributed by atoms with E-state index in [4.69, 9.17) is 4.74 Å². The molecule has 0 radical (unpaired) electrons. The highest BCUT2D eigenvalue weighted by Crippen LogP contribution is 2.30. The molecule has 0 saturated carbocycles. The fraction of sp³-hybridized carbons (Fsp3) is 0.529. The average molecular weight is 379 g/mol. The van der Waals surface area contributed by atoms with Gasteiger partial charge < -0.3 is 4.74 Å². The van der Waals surface area contributed by atoms with Gasteiger partial charge in [-0.1, -0.05) is 0 Å². The van der Waals surface area contributed by atoms with Crippen LogP contribution in [0, 0.1) is 13.8 Å². The Labute approximate surface area is 154 Å². The molecular formula is C17H25N5O3S. The lowest BCUT2D eigenvalue weighted by Gasteiger charge is -2.34. The maximum absolute atomic E-state index is 13.1. The van der Waals surface area contributed by atoms with Crippen molar-refractivity contribution < 1.29 is 13.2 Å². The molecule has 26 heavy (non-hydrogen) atoms. The van der Waals surface area contributed by atoms with Crippen molar-refractivity contribution in [2.45, 2.75) is 25.3 Å². The Hall–Kier alpha value is -1.97. The minimum atomic E-state index is -3.57. The first-order chi connectivity index (χ1) is 12.4. The van der Waals surface area contributed by atoms with Gasteiger partial charge in [-0.3, -0.25) is 9.58 Å². The molecule has 2 aromatic rings. The minimum Gasteiger partial charge on any atom is -0.495 e. The van der Waals surface area contributed by atoms with Gasteiger partial charge in [0.2, 0.25) is 10.0 Å². The van der Waals surface area contributed by atoms with Crippen molar-refractivity contribution in [2.24, 2.45) is 0 Å². The number of ether oxygens (including phenoxy) is 1. The van der Waals surface area contributed by atoms with Crippen LogP contribution < -0.4 is 4.74 Å². The van der Waals surface area contributed by atoms with Crippen LogP contribution in [0.1, 0.15) is 11.1 Å². The molecule has 0 bridgehead atoms. The number of benzene rings is 1. The standard InChI is InChI=1S/C17H25N5O3S/c1-14-10-16(25-3)17(11-15(14)2)26(23,24)22-8-5-20(6-9-22)4-7-21-13-18-12-19-21/h10-13H,4-9H2,1-3H3. The molecule has 1 saturated heterocycles. The molecule has 2 heterocycles. The number of hydrogen-bond acceptors (Lipinski definition) is 6. The van der Waals surface area contributed by atoms with Gasteiger partial charge in [-0.2, -0.15) is 9.40 Å². The number of aryl methyl sites for hydroxylation is 2. The highest BCUT2D eigenvalue weighted by atomic mass is 32.2. The first-order valence-electron chi connectivity index (χ1n) is 8.62. The van der Waals surface area contributed by atoms with Crippen LogP contribution in [0.15, 0.2) is 29.7 Å². The number of hydrogen-bond donors (Lipinski definition) is 0. The third-order valence-electron chi connectivity index (χ3n) is 4.84. The first kappa shape index (κ1) is 18.8. The summed E-state index contributed by atoms with van der Waals surface area (Å²) < 4.78 is 34.8. The van der Waals surface area contributed by atoms with E-state index in [1.807, 2.05) is 13.8 Å². The number of methoxy groups -OCH3 is 1. The molecule has 1 aromatic carbocycles. The highest BCUT2D eigenvalue weighted by molar-refractivity contribution is 7.89. The van der Waals surface area contributed by atoms with E-state index in [1.165, 1.54) is 13.4 Å². The van der Waals surface area contributed by atoms with Crippen LogP contribution >= 0.6 is 0 Å². The van der Waals surface area contributed by atoms with Crippen LogP contribution in [0.5, 0.6) is 5.75 Å². The van der Waals surface area contributed by atoms with E-state index >= 15 is 0 Å². The van der Waals surface area contributed by atoms with Gasteiger partial charge in [-0.25, -0.2) is 13.4 Å². The van der Waals surface area contributed by atoms with Gasteiger partial charge in [-0.15, -0.1) is 0 Å². The summed E-state index contributed by atoms with van der Waals surface area (Å²) in [5.41, 5.74) is 1.95. The number of sulfonamides is 1. The Morgan fingerprint density at radius 2 is 1.77 bits per heavy atom. The summed E-state index contributed by atoms with van der Waals surface area (Å²) in [4.78, 5) is 6.42. The Morgan fingerprint density at radius 1 is 1.08 bits per heavy atom. The summed E-state index contributed by atoms with van der Waals surface area (Å²) in [6.07, 6.45) is 3.20. The molecule has 0 aliphatic carbocycles. The van der Waals surface area contributed by atoms with E-state index in [0.29, 0.717) is 31.9 Å². The molecule has 0 unspecified atom stereocenters. The second-order valence-corrected chi connectivity index (χ2v) is 8.40. The average Bonchev–Trinajstić information content (AvgIpc) is 3.15. The van der Waals surface area contributed by atoms with Crippen molar-refractivity contribution in [3.8, 4) is 5.75 Å². The molecule has 142 valence electrons. The number of aromatic nitrogens is 3.